The molecule has 0 aromatic carbocycles. The molecule has 1 atom stereocenters. The SMILES string of the molecule is O=C(C[C@@H]1C=CCC1)Nc1ccc(N2CCCC2)cn1. The summed E-state index contributed by atoms with van der Waals surface area (Å²) in [6.07, 6.45) is 11.4. The molecule has 3 rings (SSSR count). The van der Waals surface area contributed by atoms with Crippen molar-refractivity contribution in [2.45, 2.75) is 32.1 Å². The summed E-state index contributed by atoms with van der Waals surface area (Å²) in [6.45, 7) is 2.23. The van der Waals surface area contributed by atoms with Crippen LogP contribution in [0.1, 0.15) is 32.1 Å². The van der Waals surface area contributed by atoms with Crippen molar-refractivity contribution in [3.63, 3.8) is 0 Å². The van der Waals surface area contributed by atoms with Crippen molar-refractivity contribution < 1.29 is 4.79 Å². The number of anilines is 2. The van der Waals surface area contributed by atoms with Crippen LogP contribution in [0.15, 0.2) is 30.5 Å². The summed E-state index contributed by atoms with van der Waals surface area (Å²) < 4.78 is 0. The van der Waals surface area contributed by atoms with Gasteiger partial charge in [-0.05, 0) is 43.7 Å². The van der Waals surface area contributed by atoms with E-state index in [1.807, 2.05) is 18.3 Å². The fourth-order valence-electron chi connectivity index (χ4n) is 2.92. The Morgan fingerprint density at radius 2 is 2.20 bits per heavy atom. The minimum absolute atomic E-state index is 0.0583. The molecule has 20 heavy (non-hydrogen) atoms. The fourth-order valence-corrected chi connectivity index (χ4v) is 2.92. The van der Waals surface area contributed by atoms with Gasteiger partial charge < -0.3 is 10.2 Å². The molecule has 2 aliphatic rings. The maximum Gasteiger partial charge on any atom is 0.226 e. The first-order valence-electron chi connectivity index (χ1n) is 7.49. The van der Waals surface area contributed by atoms with E-state index in [9.17, 15) is 4.79 Å². The number of amides is 1. The third-order valence-corrected chi connectivity index (χ3v) is 4.05. The molecule has 1 N–H and O–H groups in total. The molecule has 1 aliphatic carbocycles. The molecule has 1 aliphatic heterocycles. The van der Waals surface area contributed by atoms with Crippen LogP contribution in [0, 0.1) is 5.92 Å². The van der Waals surface area contributed by atoms with Gasteiger partial charge >= 0.3 is 0 Å². The highest BCUT2D eigenvalue weighted by molar-refractivity contribution is 5.90. The Morgan fingerprint density at radius 3 is 2.85 bits per heavy atom. The van der Waals surface area contributed by atoms with Gasteiger partial charge in [0, 0.05) is 19.5 Å². The average molecular weight is 271 g/mol. The van der Waals surface area contributed by atoms with Crippen molar-refractivity contribution in [1.82, 2.24) is 4.98 Å². The van der Waals surface area contributed by atoms with Gasteiger partial charge in [0.1, 0.15) is 5.82 Å². The van der Waals surface area contributed by atoms with Crippen LogP contribution >= 0.6 is 0 Å². The minimum Gasteiger partial charge on any atom is -0.370 e. The van der Waals surface area contributed by atoms with Gasteiger partial charge in [0.25, 0.3) is 0 Å². The van der Waals surface area contributed by atoms with Crippen LogP contribution < -0.4 is 10.2 Å². The van der Waals surface area contributed by atoms with Crippen LogP contribution in [0.4, 0.5) is 11.5 Å². The lowest BCUT2D eigenvalue weighted by Crippen LogP contribution is -2.18. The second-order valence-electron chi connectivity index (χ2n) is 5.61. The van der Waals surface area contributed by atoms with Gasteiger partial charge in [-0.1, -0.05) is 12.2 Å². The topological polar surface area (TPSA) is 45.2 Å². The number of aromatic nitrogens is 1. The van der Waals surface area contributed by atoms with Gasteiger partial charge in [-0.3, -0.25) is 4.79 Å². The Bertz CT molecular complexity index is 489. The zero-order chi connectivity index (χ0) is 13.8. The zero-order valence-electron chi connectivity index (χ0n) is 11.7. The number of pyridine rings is 1. The molecule has 106 valence electrons. The van der Waals surface area contributed by atoms with Crippen LogP contribution in [-0.2, 0) is 4.79 Å². The molecule has 0 spiro atoms. The average Bonchev–Trinajstić information content (AvgIpc) is 3.12. The van der Waals surface area contributed by atoms with Crippen molar-refractivity contribution in [3.8, 4) is 0 Å². The molecule has 4 nitrogen and oxygen atoms in total. The van der Waals surface area contributed by atoms with Gasteiger partial charge in [-0.25, -0.2) is 4.98 Å². The third kappa shape index (κ3) is 3.18. The van der Waals surface area contributed by atoms with E-state index in [2.05, 4.69) is 27.4 Å². The van der Waals surface area contributed by atoms with E-state index in [0.717, 1.165) is 31.6 Å². The summed E-state index contributed by atoms with van der Waals surface area (Å²) in [5.41, 5.74) is 1.15. The molecule has 0 unspecified atom stereocenters. The normalized spacial score (nSPS) is 21.4. The van der Waals surface area contributed by atoms with E-state index in [1.165, 1.54) is 12.8 Å². The summed E-state index contributed by atoms with van der Waals surface area (Å²) in [4.78, 5) is 18.6. The van der Waals surface area contributed by atoms with Gasteiger partial charge in [0.05, 0.1) is 11.9 Å². The largest absolute Gasteiger partial charge is 0.370 e. The van der Waals surface area contributed by atoms with Crippen LogP contribution in [0.5, 0.6) is 0 Å². The molecule has 1 amide bonds. The predicted octanol–water partition coefficient (Wildman–Crippen LogP) is 2.98. The molecular formula is C16H21N3O. The maximum absolute atomic E-state index is 11.9. The second-order valence-corrected chi connectivity index (χ2v) is 5.61. The van der Waals surface area contributed by atoms with Crippen molar-refractivity contribution >= 4 is 17.4 Å². The molecule has 1 fully saturated rings. The summed E-state index contributed by atoms with van der Waals surface area (Å²) >= 11 is 0. The first kappa shape index (κ1) is 13.2. The van der Waals surface area contributed by atoms with Gasteiger partial charge in [0.15, 0.2) is 0 Å². The van der Waals surface area contributed by atoms with Crippen LogP contribution in [-0.4, -0.2) is 24.0 Å². The third-order valence-electron chi connectivity index (χ3n) is 4.05. The Hall–Kier alpha value is -1.84. The smallest absolute Gasteiger partial charge is 0.226 e. The highest BCUT2D eigenvalue weighted by Gasteiger charge is 2.15. The molecule has 0 radical (unpaired) electrons. The van der Waals surface area contributed by atoms with Crippen LogP contribution in [0.2, 0.25) is 0 Å². The van der Waals surface area contributed by atoms with E-state index in [1.54, 1.807) is 0 Å². The lowest BCUT2D eigenvalue weighted by Gasteiger charge is -2.17. The highest BCUT2D eigenvalue weighted by atomic mass is 16.1. The van der Waals surface area contributed by atoms with Crippen molar-refractivity contribution in [2.24, 2.45) is 5.92 Å². The summed E-state index contributed by atoms with van der Waals surface area (Å²) in [6, 6.07) is 3.94. The molecule has 1 saturated heterocycles. The number of nitrogens with one attached hydrogen (secondary N) is 1. The lowest BCUT2D eigenvalue weighted by molar-refractivity contribution is -0.116. The monoisotopic (exact) mass is 271 g/mol. The minimum atomic E-state index is 0.0583. The van der Waals surface area contributed by atoms with Crippen LogP contribution in [0.25, 0.3) is 0 Å². The lowest BCUT2D eigenvalue weighted by atomic mass is 10.1. The second kappa shape index (κ2) is 6.07. The fraction of sp³-hybridized carbons (Fsp3) is 0.500. The maximum atomic E-state index is 11.9. The van der Waals surface area contributed by atoms with Crippen LogP contribution in [0.3, 0.4) is 0 Å². The molecule has 4 heteroatoms. The number of carbonyl (C=O) groups is 1. The van der Waals surface area contributed by atoms with Crippen molar-refractivity contribution in [1.29, 1.82) is 0 Å². The van der Waals surface area contributed by atoms with Gasteiger partial charge in [0.2, 0.25) is 5.91 Å². The Balaban J connectivity index is 1.54. The Morgan fingerprint density at radius 1 is 1.35 bits per heavy atom. The summed E-state index contributed by atoms with van der Waals surface area (Å²) in [5, 5.41) is 2.88. The number of nitrogens with zero attached hydrogens (tertiary/aromatic N) is 2. The van der Waals surface area contributed by atoms with E-state index >= 15 is 0 Å². The zero-order valence-corrected chi connectivity index (χ0v) is 11.7. The molecular weight excluding hydrogens is 250 g/mol. The first-order valence-corrected chi connectivity index (χ1v) is 7.49. The molecule has 1 aromatic rings. The molecule has 0 bridgehead atoms. The standard InChI is InChI=1S/C16H21N3O/c20-16(11-13-5-1-2-6-13)18-15-8-7-14(12-17-15)19-9-3-4-10-19/h1,5,7-8,12-13H,2-4,6,9-11H2,(H,17,18,20)/t13-/m1/s1. The van der Waals surface area contributed by atoms with Crippen molar-refractivity contribution in [2.75, 3.05) is 23.3 Å². The van der Waals surface area contributed by atoms with Gasteiger partial charge in [-0.2, -0.15) is 0 Å². The van der Waals surface area contributed by atoms with E-state index in [-0.39, 0.29) is 5.91 Å². The predicted molar refractivity (Wildman–Crippen MR) is 80.8 cm³/mol. The number of rotatable bonds is 4. The van der Waals surface area contributed by atoms with E-state index < -0.39 is 0 Å². The van der Waals surface area contributed by atoms with E-state index in [0.29, 0.717) is 18.2 Å². The first-order chi connectivity index (χ1) is 9.81. The summed E-state index contributed by atoms with van der Waals surface area (Å²) in [7, 11) is 0. The number of hydrogen-bond donors (Lipinski definition) is 1. The number of hydrogen-bond acceptors (Lipinski definition) is 3. The van der Waals surface area contributed by atoms with Crippen molar-refractivity contribution in [3.05, 3.63) is 30.5 Å². The summed E-state index contributed by atoms with van der Waals surface area (Å²) in [5.74, 6) is 1.11. The number of allylic oxidation sites excluding steroid dienone is 2. The van der Waals surface area contributed by atoms with E-state index in [4.69, 9.17) is 0 Å². The molecule has 1 aromatic heterocycles. The quantitative estimate of drug-likeness (QED) is 0.856. The molecule has 0 saturated carbocycles. The van der Waals surface area contributed by atoms with Gasteiger partial charge in [-0.15, -0.1) is 0 Å². The molecule has 2 heterocycles. The Kier molecular flexibility index (Phi) is 4.00. The highest BCUT2D eigenvalue weighted by Crippen LogP contribution is 2.22. The Labute approximate surface area is 119 Å². The number of carbonyl (C=O) groups excluding carboxylic acids is 1.